The summed E-state index contributed by atoms with van der Waals surface area (Å²) in [6.45, 7) is 0. The van der Waals surface area contributed by atoms with Crippen LogP contribution in [-0.2, 0) is 0 Å². The van der Waals surface area contributed by atoms with Gasteiger partial charge in [0.2, 0.25) is 0 Å². The second-order valence-corrected chi connectivity index (χ2v) is 4.99. The quantitative estimate of drug-likeness (QED) is 0.625. The van der Waals surface area contributed by atoms with Crippen molar-refractivity contribution in [1.29, 1.82) is 0 Å². The van der Waals surface area contributed by atoms with Gasteiger partial charge in [0.1, 0.15) is 4.88 Å². The molecule has 76 valence electrons. The number of rotatable bonds is 3. The number of nitrogens with zero attached hydrogens (tertiary/aromatic N) is 3. The Morgan fingerprint density at radius 2 is 2.13 bits per heavy atom. The van der Waals surface area contributed by atoms with Gasteiger partial charge in [0, 0.05) is 12.4 Å². The molecule has 4 nitrogen and oxygen atoms in total. The highest BCUT2D eigenvalue weighted by atomic mass is 35.5. The van der Waals surface area contributed by atoms with Gasteiger partial charge in [0.05, 0.1) is 0 Å². The van der Waals surface area contributed by atoms with E-state index in [1.165, 1.54) is 23.1 Å². The first-order valence-corrected chi connectivity index (χ1v) is 5.87. The monoisotopic (exact) mass is 257 g/mol. The highest BCUT2D eigenvalue weighted by Crippen LogP contribution is 2.31. The third kappa shape index (κ3) is 2.53. The number of aromatic nitrogens is 3. The summed E-state index contributed by atoms with van der Waals surface area (Å²) >= 11 is 8.23. The van der Waals surface area contributed by atoms with Crippen molar-refractivity contribution in [3.05, 3.63) is 28.5 Å². The molecule has 0 unspecified atom stereocenters. The fourth-order valence-electron chi connectivity index (χ4n) is 0.827. The largest absolute Gasteiger partial charge is 0.297 e. The third-order valence-corrected chi connectivity index (χ3v) is 3.75. The zero-order chi connectivity index (χ0) is 10.7. The van der Waals surface area contributed by atoms with E-state index in [1.54, 1.807) is 18.5 Å². The molecule has 0 amide bonds. The summed E-state index contributed by atoms with van der Waals surface area (Å²) in [6.07, 6.45) is 3.98. The van der Waals surface area contributed by atoms with E-state index in [0.29, 0.717) is 20.7 Å². The van der Waals surface area contributed by atoms with Crippen molar-refractivity contribution >= 4 is 41.0 Å². The Balaban J connectivity index is 2.21. The summed E-state index contributed by atoms with van der Waals surface area (Å²) in [5.74, 6) is 0. The van der Waals surface area contributed by atoms with E-state index >= 15 is 0 Å². The fraction of sp³-hybridized carbons (Fsp3) is 0. The van der Waals surface area contributed by atoms with E-state index in [0.717, 1.165) is 0 Å². The van der Waals surface area contributed by atoms with Gasteiger partial charge >= 0.3 is 0 Å². The Hall–Kier alpha value is -0.980. The van der Waals surface area contributed by atoms with Gasteiger partial charge in [-0.1, -0.05) is 11.6 Å². The van der Waals surface area contributed by atoms with Gasteiger partial charge in [-0.05, 0) is 17.8 Å². The lowest BCUT2D eigenvalue weighted by atomic mass is 10.6. The Bertz CT molecular complexity index is 474. The molecule has 0 aromatic carbocycles. The van der Waals surface area contributed by atoms with E-state index in [4.69, 9.17) is 11.6 Å². The smallest absolute Gasteiger partial charge is 0.194 e. The van der Waals surface area contributed by atoms with Gasteiger partial charge in [-0.25, -0.2) is 15.0 Å². The number of carbonyl (C=O) groups excluding carboxylic acids is 1. The van der Waals surface area contributed by atoms with Gasteiger partial charge in [-0.3, -0.25) is 4.79 Å². The topological polar surface area (TPSA) is 55.7 Å². The lowest BCUT2D eigenvalue weighted by Gasteiger charge is -1.92. The summed E-state index contributed by atoms with van der Waals surface area (Å²) < 4.78 is 0.660. The summed E-state index contributed by atoms with van der Waals surface area (Å²) in [6, 6.07) is 1.73. The van der Waals surface area contributed by atoms with Crippen LogP contribution in [0.25, 0.3) is 0 Å². The van der Waals surface area contributed by atoms with E-state index in [2.05, 4.69) is 15.0 Å². The first kappa shape index (κ1) is 10.5. The number of halogens is 1. The van der Waals surface area contributed by atoms with Gasteiger partial charge < -0.3 is 0 Å². The number of hydrogen-bond acceptors (Lipinski definition) is 6. The molecule has 7 heteroatoms. The first-order valence-electron chi connectivity index (χ1n) is 3.86. The number of carbonyl (C=O) groups is 1. The molecule has 0 radical (unpaired) electrons. The van der Waals surface area contributed by atoms with Crippen LogP contribution >= 0.6 is 34.7 Å². The van der Waals surface area contributed by atoms with Crippen LogP contribution in [0.2, 0.25) is 5.15 Å². The molecule has 0 aliphatic carbocycles. The van der Waals surface area contributed by atoms with Crippen LogP contribution in [0.1, 0.15) is 9.67 Å². The molecule has 0 saturated heterocycles. The van der Waals surface area contributed by atoms with Crippen molar-refractivity contribution in [1.82, 2.24) is 15.0 Å². The van der Waals surface area contributed by atoms with Crippen LogP contribution in [0.5, 0.6) is 0 Å². The molecule has 0 aliphatic rings. The van der Waals surface area contributed by atoms with Crippen LogP contribution in [-0.4, -0.2) is 21.2 Å². The number of aldehydes is 1. The minimum atomic E-state index is 0.230. The van der Waals surface area contributed by atoms with Crippen LogP contribution in [0.15, 0.2) is 28.0 Å². The molecule has 0 spiro atoms. The second-order valence-electron chi connectivity index (χ2n) is 2.39. The van der Waals surface area contributed by atoms with Crippen molar-refractivity contribution in [2.75, 3.05) is 0 Å². The average Bonchev–Trinajstić information content (AvgIpc) is 2.60. The lowest BCUT2D eigenvalue weighted by Crippen LogP contribution is -1.81. The molecular formula is C8H4ClN3OS2. The van der Waals surface area contributed by atoms with Crippen molar-refractivity contribution in [2.45, 2.75) is 9.50 Å². The van der Waals surface area contributed by atoms with E-state index < -0.39 is 0 Å². The Morgan fingerprint density at radius 1 is 1.40 bits per heavy atom. The summed E-state index contributed by atoms with van der Waals surface area (Å²) in [5.41, 5.74) is 0. The van der Waals surface area contributed by atoms with Crippen LogP contribution in [0, 0.1) is 0 Å². The van der Waals surface area contributed by atoms with Gasteiger partial charge in [-0.2, -0.15) is 0 Å². The number of hydrogen-bond donors (Lipinski definition) is 0. The van der Waals surface area contributed by atoms with Gasteiger partial charge in [0.15, 0.2) is 20.9 Å². The van der Waals surface area contributed by atoms with Crippen molar-refractivity contribution < 1.29 is 4.79 Å². The normalized spacial score (nSPS) is 10.2. The predicted octanol–water partition coefficient (Wildman–Crippen LogP) is 2.55. The molecule has 2 aromatic rings. The van der Waals surface area contributed by atoms with Crippen LogP contribution in [0.3, 0.4) is 0 Å². The third-order valence-electron chi connectivity index (χ3n) is 1.42. The molecule has 0 saturated carbocycles. The maximum Gasteiger partial charge on any atom is 0.194 e. The molecule has 2 aromatic heterocycles. The molecule has 15 heavy (non-hydrogen) atoms. The summed E-state index contributed by atoms with van der Waals surface area (Å²) in [7, 11) is 0. The molecule has 0 atom stereocenters. The maximum absolute atomic E-state index is 10.5. The standard InChI is InChI=1S/C8H4ClN3OS2/c9-6-5(4-13)14-8(12-6)15-7-10-2-1-3-11-7/h1-4H. The van der Waals surface area contributed by atoms with E-state index in [9.17, 15) is 4.79 Å². The van der Waals surface area contributed by atoms with Crippen LogP contribution in [0.4, 0.5) is 0 Å². The number of thiazole rings is 1. The highest BCUT2D eigenvalue weighted by Gasteiger charge is 2.10. The van der Waals surface area contributed by atoms with Crippen molar-refractivity contribution in [2.24, 2.45) is 0 Å². The van der Waals surface area contributed by atoms with Crippen LogP contribution < -0.4 is 0 Å². The Labute approximate surface area is 98.7 Å². The van der Waals surface area contributed by atoms with Gasteiger partial charge in [0.25, 0.3) is 0 Å². The van der Waals surface area contributed by atoms with Gasteiger partial charge in [-0.15, -0.1) is 11.3 Å². The lowest BCUT2D eigenvalue weighted by molar-refractivity contribution is 0.112. The maximum atomic E-state index is 10.5. The second kappa shape index (κ2) is 4.69. The molecule has 2 heterocycles. The highest BCUT2D eigenvalue weighted by molar-refractivity contribution is 8.00. The zero-order valence-corrected chi connectivity index (χ0v) is 9.64. The SMILES string of the molecule is O=Cc1sc(Sc2ncccn2)nc1Cl. The zero-order valence-electron chi connectivity index (χ0n) is 7.25. The minimum absolute atomic E-state index is 0.230. The fourth-order valence-corrected chi connectivity index (χ4v) is 2.85. The first-order chi connectivity index (χ1) is 7.29. The van der Waals surface area contributed by atoms with E-state index in [1.807, 2.05) is 0 Å². The predicted molar refractivity (Wildman–Crippen MR) is 58.7 cm³/mol. The molecule has 0 fully saturated rings. The van der Waals surface area contributed by atoms with E-state index in [-0.39, 0.29) is 5.15 Å². The molecule has 2 rings (SSSR count). The Kier molecular flexibility index (Phi) is 3.30. The molecule has 0 bridgehead atoms. The average molecular weight is 258 g/mol. The van der Waals surface area contributed by atoms with Crippen molar-refractivity contribution in [3.63, 3.8) is 0 Å². The molecular weight excluding hydrogens is 254 g/mol. The molecule has 0 N–H and O–H groups in total. The summed E-state index contributed by atoms with van der Waals surface area (Å²) in [5, 5.41) is 0.814. The summed E-state index contributed by atoms with van der Waals surface area (Å²) in [4.78, 5) is 23.0. The Morgan fingerprint density at radius 3 is 2.73 bits per heavy atom. The minimum Gasteiger partial charge on any atom is -0.297 e. The molecule has 0 aliphatic heterocycles. The van der Waals surface area contributed by atoms with Crippen molar-refractivity contribution in [3.8, 4) is 0 Å².